The van der Waals surface area contributed by atoms with Crippen molar-refractivity contribution in [2.45, 2.75) is 51.6 Å². The van der Waals surface area contributed by atoms with Gasteiger partial charge in [-0.25, -0.2) is 0 Å². The normalized spacial score (nSPS) is 21.8. The van der Waals surface area contributed by atoms with Gasteiger partial charge in [-0.1, -0.05) is 31.9 Å². The maximum Gasteiger partial charge on any atom is 0.118 e. The number of ether oxygens (including phenoxy) is 1. The van der Waals surface area contributed by atoms with Crippen molar-refractivity contribution in [3.8, 4) is 5.75 Å². The highest BCUT2D eigenvalue weighted by Gasteiger charge is 2.21. The Morgan fingerprint density at radius 1 is 1.24 bits per heavy atom. The fourth-order valence-corrected chi connectivity index (χ4v) is 3.21. The van der Waals surface area contributed by atoms with E-state index < -0.39 is 0 Å². The molecule has 118 valence electrons. The summed E-state index contributed by atoms with van der Waals surface area (Å²) in [5.41, 5.74) is 1.36. The predicted molar refractivity (Wildman–Crippen MR) is 88.9 cm³/mol. The molecule has 1 aromatic rings. The lowest BCUT2D eigenvalue weighted by molar-refractivity contribution is 0.191. The van der Waals surface area contributed by atoms with E-state index in [-0.39, 0.29) is 0 Å². The third kappa shape index (κ3) is 4.72. The molecule has 0 bridgehead atoms. The Morgan fingerprint density at radius 2 is 2.00 bits per heavy atom. The van der Waals surface area contributed by atoms with E-state index >= 15 is 0 Å². The molecule has 0 amide bonds. The Hall–Kier alpha value is -1.06. The highest BCUT2D eigenvalue weighted by Crippen LogP contribution is 2.22. The largest absolute Gasteiger partial charge is 0.497 e. The molecule has 3 heteroatoms. The first-order valence-electron chi connectivity index (χ1n) is 8.36. The summed E-state index contributed by atoms with van der Waals surface area (Å²) >= 11 is 0. The van der Waals surface area contributed by atoms with E-state index in [0.717, 1.165) is 18.8 Å². The second kappa shape index (κ2) is 8.40. The Balaban J connectivity index is 2.06. The minimum absolute atomic E-state index is 0.404. The van der Waals surface area contributed by atoms with Gasteiger partial charge in [-0.3, -0.25) is 4.90 Å². The first-order valence-corrected chi connectivity index (χ1v) is 8.36. The monoisotopic (exact) mass is 290 g/mol. The number of nitrogens with one attached hydrogen (secondary N) is 1. The van der Waals surface area contributed by atoms with Crippen molar-refractivity contribution in [1.82, 2.24) is 10.2 Å². The van der Waals surface area contributed by atoms with Gasteiger partial charge >= 0.3 is 0 Å². The minimum Gasteiger partial charge on any atom is -0.497 e. The fraction of sp³-hybridized carbons (Fsp3) is 0.667. The van der Waals surface area contributed by atoms with Crippen LogP contribution in [0.15, 0.2) is 24.3 Å². The molecule has 1 aromatic carbocycles. The van der Waals surface area contributed by atoms with Gasteiger partial charge in [0.1, 0.15) is 5.75 Å². The van der Waals surface area contributed by atoms with E-state index in [1.165, 1.54) is 37.8 Å². The van der Waals surface area contributed by atoms with Gasteiger partial charge in [-0.05, 0) is 50.6 Å². The van der Waals surface area contributed by atoms with Gasteiger partial charge in [0, 0.05) is 18.6 Å². The lowest BCUT2D eigenvalue weighted by Gasteiger charge is -2.31. The molecule has 1 heterocycles. The number of likely N-dealkylation sites (tertiary alicyclic amines) is 1. The van der Waals surface area contributed by atoms with Crippen molar-refractivity contribution in [2.75, 3.05) is 26.7 Å². The van der Waals surface area contributed by atoms with Crippen molar-refractivity contribution >= 4 is 0 Å². The van der Waals surface area contributed by atoms with Gasteiger partial charge in [0.25, 0.3) is 0 Å². The van der Waals surface area contributed by atoms with Crippen LogP contribution in [-0.4, -0.2) is 37.7 Å². The number of hydrogen-bond acceptors (Lipinski definition) is 3. The molecule has 1 aliphatic rings. The number of likely N-dealkylation sites (N-methyl/N-ethyl adjacent to an activating group) is 1. The average molecular weight is 290 g/mol. The predicted octanol–water partition coefficient (Wildman–Crippen LogP) is 3.61. The Morgan fingerprint density at radius 3 is 2.67 bits per heavy atom. The van der Waals surface area contributed by atoms with Gasteiger partial charge in [0.2, 0.25) is 0 Å². The molecule has 0 aliphatic carbocycles. The molecule has 1 N–H and O–H groups in total. The smallest absolute Gasteiger partial charge is 0.118 e. The lowest BCUT2D eigenvalue weighted by atomic mass is 10.0. The summed E-state index contributed by atoms with van der Waals surface area (Å²) in [6, 6.07) is 9.61. The summed E-state index contributed by atoms with van der Waals surface area (Å²) in [4.78, 5) is 2.66. The molecule has 1 saturated heterocycles. The van der Waals surface area contributed by atoms with Gasteiger partial charge in [0.15, 0.2) is 0 Å². The van der Waals surface area contributed by atoms with E-state index in [2.05, 4.69) is 48.3 Å². The zero-order chi connectivity index (χ0) is 15.1. The highest BCUT2D eigenvalue weighted by atomic mass is 16.5. The van der Waals surface area contributed by atoms with E-state index in [9.17, 15) is 0 Å². The second-order valence-corrected chi connectivity index (χ2v) is 6.08. The molecule has 21 heavy (non-hydrogen) atoms. The van der Waals surface area contributed by atoms with Crippen LogP contribution in [0.3, 0.4) is 0 Å². The van der Waals surface area contributed by atoms with E-state index in [4.69, 9.17) is 4.74 Å². The molecule has 1 fully saturated rings. The molecule has 0 aromatic heterocycles. The van der Waals surface area contributed by atoms with Crippen LogP contribution in [0.5, 0.6) is 5.75 Å². The Kier molecular flexibility index (Phi) is 6.52. The Labute approximate surface area is 129 Å². The average Bonchev–Trinajstić information content (AvgIpc) is 2.72. The van der Waals surface area contributed by atoms with E-state index in [1.807, 2.05) is 0 Å². The summed E-state index contributed by atoms with van der Waals surface area (Å²) in [6.07, 6.45) is 5.44. The molecular weight excluding hydrogens is 260 g/mol. The first-order chi connectivity index (χ1) is 10.2. The quantitative estimate of drug-likeness (QED) is 0.866. The van der Waals surface area contributed by atoms with Crippen LogP contribution < -0.4 is 10.1 Å². The number of benzene rings is 1. The topological polar surface area (TPSA) is 24.5 Å². The molecule has 2 atom stereocenters. The van der Waals surface area contributed by atoms with Crippen LogP contribution in [0.2, 0.25) is 0 Å². The van der Waals surface area contributed by atoms with Gasteiger partial charge < -0.3 is 10.1 Å². The third-order valence-electron chi connectivity index (χ3n) is 4.58. The van der Waals surface area contributed by atoms with Crippen LogP contribution in [0, 0.1) is 0 Å². The van der Waals surface area contributed by atoms with Crippen molar-refractivity contribution in [3.05, 3.63) is 29.8 Å². The van der Waals surface area contributed by atoms with E-state index in [1.54, 1.807) is 7.11 Å². The van der Waals surface area contributed by atoms with Crippen LogP contribution in [0.25, 0.3) is 0 Å². The van der Waals surface area contributed by atoms with Crippen LogP contribution >= 0.6 is 0 Å². The summed E-state index contributed by atoms with van der Waals surface area (Å²) < 4.78 is 5.26. The summed E-state index contributed by atoms with van der Waals surface area (Å²) in [6.45, 7) is 7.89. The maximum absolute atomic E-state index is 5.26. The number of rotatable bonds is 6. The summed E-state index contributed by atoms with van der Waals surface area (Å²) in [5.74, 6) is 0.928. The minimum atomic E-state index is 0.404. The molecule has 3 nitrogen and oxygen atoms in total. The highest BCUT2D eigenvalue weighted by molar-refractivity contribution is 5.29. The van der Waals surface area contributed by atoms with Gasteiger partial charge in [-0.2, -0.15) is 0 Å². The first kappa shape index (κ1) is 16.3. The van der Waals surface area contributed by atoms with Crippen LogP contribution in [-0.2, 0) is 0 Å². The van der Waals surface area contributed by atoms with Crippen molar-refractivity contribution in [2.24, 2.45) is 0 Å². The van der Waals surface area contributed by atoms with Crippen molar-refractivity contribution in [3.63, 3.8) is 0 Å². The molecule has 0 spiro atoms. The van der Waals surface area contributed by atoms with E-state index in [0.29, 0.717) is 12.1 Å². The maximum atomic E-state index is 5.26. The lowest BCUT2D eigenvalue weighted by Crippen LogP contribution is -2.40. The molecule has 0 saturated carbocycles. The standard InChI is InChI=1S/C18H30N2O/c1-4-19-18(16-9-11-17(21-3)12-10-16)14-20-13-7-5-6-8-15(20)2/h9-12,15,18-19H,4-8,13-14H2,1-3H3. The number of nitrogens with zero attached hydrogens (tertiary/aromatic N) is 1. The van der Waals surface area contributed by atoms with Crippen molar-refractivity contribution in [1.29, 1.82) is 0 Å². The van der Waals surface area contributed by atoms with Gasteiger partial charge in [-0.15, -0.1) is 0 Å². The molecule has 2 unspecified atom stereocenters. The molecular formula is C18H30N2O. The zero-order valence-electron chi connectivity index (χ0n) is 13.8. The van der Waals surface area contributed by atoms with Gasteiger partial charge in [0.05, 0.1) is 7.11 Å². The van der Waals surface area contributed by atoms with Crippen molar-refractivity contribution < 1.29 is 4.74 Å². The molecule has 2 rings (SSSR count). The SMILES string of the molecule is CCNC(CN1CCCCCC1C)c1ccc(OC)cc1. The number of hydrogen-bond donors (Lipinski definition) is 1. The zero-order valence-corrected chi connectivity index (χ0v) is 13.8. The number of methoxy groups -OCH3 is 1. The van der Waals surface area contributed by atoms with Crippen LogP contribution in [0.4, 0.5) is 0 Å². The van der Waals surface area contributed by atoms with Crippen LogP contribution in [0.1, 0.15) is 51.1 Å². The summed E-state index contributed by atoms with van der Waals surface area (Å²) in [5, 5.41) is 3.64. The third-order valence-corrected chi connectivity index (χ3v) is 4.58. The second-order valence-electron chi connectivity index (χ2n) is 6.08. The summed E-state index contributed by atoms with van der Waals surface area (Å²) in [7, 11) is 1.72. The Bertz CT molecular complexity index is 404. The molecule has 0 radical (unpaired) electrons. The molecule has 1 aliphatic heterocycles. The fourth-order valence-electron chi connectivity index (χ4n) is 3.21.